The molecule has 4 rings (SSSR count). The maximum absolute atomic E-state index is 12.1. The van der Waals surface area contributed by atoms with E-state index in [2.05, 4.69) is 4.98 Å². The molecule has 0 radical (unpaired) electrons. The standard InChI is InChI=1S/C19H16N2O5/c1-25-14-5-2-11(3-6-14)18-20-15-9-13(4-7-16(15)26-18)21-10-12(19(23)24)8-17(21)22/h2-7,9,12H,8,10H2,1H3,(H,23,24). The van der Waals surface area contributed by atoms with Crippen LogP contribution in [0.4, 0.5) is 5.69 Å². The first kappa shape index (κ1) is 16.1. The molecule has 7 heteroatoms. The van der Waals surface area contributed by atoms with Gasteiger partial charge in [0.1, 0.15) is 11.3 Å². The second-order valence-corrected chi connectivity index (χ2v) is 6.14. The minimum absolute atomic E-state index is 0.0171. The van der Waals surface area contributed by atoms with Crippen LogP contribution in [0.25, 0.3) is 22.6 Å². The van der Waals surface area contributed by atoms with Gasteiger partial charge in [0.15, 0.2) is 5.58 Å². The molecule has 1 fully saturated rings. The van der Waals surface area contributed by atoms with E-state index >= 15 is 0 Å². The largest absolute Gasteiger partial charge is 0.497 e. The van der Waals surface area contributed by atoms with Crippen molar-refractivity contribution in [3.8, 4) is 17.2 Å². The van der Waals surface area contributed by atoms with Crippen LogP contribution in [0, 0.1) is 5.92 Å². The first-order valence-electron chi connectivity index (χ1n) is 8.13. The SMILES string of the molecule is COc1ccc(-c2nc3cc(N4CC(C(=O)O)CC4=O)ccc3o2)cc1. The number of ether oxygens (including phenoxy) is 1. The van der Waals surface area contributed by atoms with Crippen LogP contribution < -0.4 is 9.64 Å². The average molecular weight is 352 g/mol. The normalized spacial score (nSPS) is 17.0. The number of carbonyl (C=O) groups is 2. The van der Waals surface area contributed by atoms with Gasteiger partial charge in [-0.3, -0.25) is 9.59 Å². The molecule has 1 unspecified atom stereocenters. The molecule has 0 bridgehead atoms. The maximum atomic E-state index is 12.1. The molecule has 0 aliphatic carbocycles. The Labute approximate surface area is 148 Å². The van der Waals surface area contributed by atoms with Crippen LogP contribution in [0.5, 0.6) is 5.75 Å². The van der Waals surface area contributed by atoms with Gasteiger partial charge in [0.2, 0.25) is 11.8 Å². The van der Waals surface area contributed by atoms with Crippen molar-refractivity contribution in [1.82, 2.24) is 4.98 Å². The zero-order chi connectivity index (χ0) is 18.3. The molecule has 7 nitrogen and oxygen atoms in total. The Morgan fingerprint density at radius 2 is 2.04 bits per heavy atom. The number of hydrogen-bond donors (Lipinski definition) is 1. The highest BCUT2D eigenvalue weighted by atomic mass is 16.5. The van der Waals surface area contributed by atoms with E-state index in [1.807, 2.05) is 24.3 Å². The van der Waals surface area contributed by atoms with Gasteiger partial charge in [-0.1, -0.05) is 0 Å². The minimum atomic E-state index is -0.954. The third kappa shape index (κ3) is 2.77. The first-order valence-corrected chi connectivity index (χ1v) is 8.13. The van der Waals surface area contributed by atoms with Gasteiger partial charge in [-0.15, -0.1) is 0 Å². The molecule has 26 heavy (non-hydrogen) atoms. The summed E-state index contributed by atoms with van der Waals surface area (Å²) in [4.78, 5) is 29.2. The number of methoxy groups -OCH3 is 1. The fourth-order valence-electron chi connectivity index (χ4n) is 3.06. The molecular weight excluding hydrogens is 336 g/mol. The van der Waals surface area contributed by atoms with E-state index in [0.717, 1.165) is 11.3 Å². The molecule has 1 atom stereocenters. The molecule has 2 heterocycles. The van der Waals surface area contributed by atoms with Crippen molar-refractivity contribution in [2.75, 3.05) is 18.6 Å². The van der Waals surface area contributed by atoms with Gasteiger partial charge in [-0.05, 0) is 42.5 Å². The second kappa shape index (κ2) is 6.18. The number of carbonyl (C=O) groups excluding carboxylic acids is 1. The van der Waals surface area contributed by atoms with E-state index in [1.165, 1.54) is 4.90 Å². The maximum Gasteiger partial charge on any atom is 0.308 e. The molecule has 2 aromatic carbocycles. The predicted octanol–water partition coefficient (Wildman–Crippen LogP) is 2.94. The van der Waals surface area contributed by atoms with Gasteiger partial charge in [-0.2, -0.15) is 0 Å². The Hall–Kier alpha value is -3.35. The Kier molecular flexibility index (Phi) is 3.84. The van der Waals surface area contributed by atoms with Gasteiger partial charge in [0.05, 0.1) is 13.0 Å². The fraction of sp³-hybridized carbons (Fsp3) is 0.211. The molecule has 1 amide bonds. The van der Waals surface area contributed by atoms with E-state index in [-0.39, 0.29) is 18.9 Å². The number of fused-ring (bicyclic) bond motifs is 1. The number of hydrogen-bond acceptors (Lipinski definition) is 5. The van der Waals surface area contributed by atoms with Crippen molar-refractivity contribution in [3.63, 3.8) is 0 Å². The predicted molar refractivity (Wildman–Crippen MR) is 94.1 cm³/mol. The van der Waals surface area contributed by atoms with E-state index in [4.69, 9.17) is 14.3 Å². The zero-order valence-corrected chi connectivity index (χ0v) is 14.0. The molecule has 0 saturated carbocycles. The highest BCUT2D eigenvalue weighted by Crippen LogP contribution is 2.31. The van der Waals surface area contributed by atoms with E-state index in [1.54, 1.807) is 25.3 Å². The Bertz CT molecular complexity index is 993. The molecular formula is C19H16N2O5. The van der Waals surface area contributed by atoms with Crippen molar-refractivity contribution in [2.24, 2.45) is 5.92 Å². The molecule has 1 aliphatic heterocycles. The summed E-state index contributed by atoms with van der Waals surface area (Å²) in [5, 5.41) is 9.12. The number of aromatic nitrogens is 1. The summed E-state index contributed by atoms with van der Waals surface area (Å²) in [5.74, 6) is -0.616. The van der Waals surface area contributed by atoms with E-state index in [9.17, 15) is 9.59 Å². The molecule has 1 aliphatic rings. The Morgan fingerprint density at radius 1 is 1.27 bits per heavy atom. The number of aliphatic carboxylic acids is 1. The summed E-state index contributed by atoms with van der Waals surface area (Å²) in [5.41, 5.74) is 2.65. The van der Waals surface area contributed by atoms with Gasteiger partial charge in [0, 0.05) is 24.2 Å². The van der Waals surface area contributed by atoms with E-state index < -0.39 is 11.9 Å². The van der Waals surface area contributed by atoms with Crippen molar-refractivity contribution in [3.05, 3.63) is 42.5 Å². The summed E-state index contributed by atoms with van der Waals surface area (Å²) in [6.07, 6.45) is 0.0171. The molecule has 1 saturated heterocycles. The number of anilines is 1. The van der Waals surface area contributed by atoms with Crippen LogP contribution in [0.3, 0.4) is 0 Å². The highest BCUT2D eigenvalue weighted by Gasteiger charge is 2.35. The Balaban J connectivity index is 1.65. The zero-order valence-electron chi connectivity index (χ0n) is 14.0. The lowest BCUT2D eigenvalue weighted by Crippen LogP contribution is -2.25. The number of rotatable bonds is 4. The lowest BCUT2D eigenvalue weighted by atomic mass is 10.1. The van der Waals surface area contributed by atoms with Crippen LogP contribution in [0.1, 0.15) is 6.42 Å². The molecule has 1 N–H and O–H groups in total. The lowest BCUT2D eigenvalue weighted by Gasteiger charge is -2.15. The van der Waals surface area contributed by atoms with Gasteiger partial charge >= 0.3 is 5.97 Å². The van der Waals surface area contributed by atoms with Gasteiger partial charge in [-0.25, -0.2) is 4.98 Å². The third-order valence-corrected chi connectivity index (χ3v) is 4.49. The number of carboxylic acids is 1. The number of nitrogens with zero attached hydrogens (tertiary/aromatic N) is 2. The van der Waals surface area contributed by atoms with Crippen molar-refractivity contribution in [2.45, 2.75) is 6.42 Å². The smallest absolute Gasteiger partial charge is 0.308 e. The summed E-state index contributed by atoms with van der Waals surface area (Å²) >= 11 is 0. The number of benzene rings is 2. The van der Waals surface area contributed by atoms with Crippen molar-refractivity contribution >= 4 is 28.7 Å². The molecule has 132 valence electrons. The molecule has 0 spiro atoms. The third-order valence-electron chi connectivity index (χ3n) is 4.49. The Morgan fingerprint density at radius 3 is 2.69 bits per heavy atom. The van der Waals surface area contributed by atoms with Crippen LogP contribution >= 0.6 is 0 Å². The van der Waals surface area contributed by atoms with Crippen LogP contribution in [-0.4, -0.2) is 35.6 Å². The topological polar surface area (TPSA) is 92.9 Å². The second-order valence-electron chi connectivity index (χ2n) is 6.14. The number of oxazole rings is 1. The summed E-state index contributed by atoms with van der Waals surface area (Å²) in [6.45, 7) is 0.170. The summed E-state index contributed by atoms with van der Waals surface area (Å²) < 4.78 is 10.9. The first-order chi connectivity index (χ1) is 12.5. The number of amides is 1. The lowest BCUT2D eigenvalue weighted by molar-refractivity contribution is -0.141. The number of carboxylic acid groups (broad SMARTS) is 1. The van der Waals surface area contributed by atoms with Gasteiger partial charge in [0.25, 0.3) is 0 Å². The quantitative estimate of drug-likeness (QED) is 0.776. The van der Waals surface area contributed by atoms with Gasteiger partial charge < -0.3 is 19.2 Å². The monoisotopic (exact) mass is 352 g/mol. The highest BCUT2D eigenvalue weighted by molar-refractivity contribution is 6.00. The summed E-state index contributed by atoms with van der Waals surface area (Å²) in [7, 11) is 1.60. The van der Waals surface area contributed by atoms with Crippen molar-refractivity contribution < 1.29 is 23.8 Å². The van der Waals surface area contributed by atoms with Crippen LogP contribution in [0.2, 0.25) is 0 Å². The summed E-state index contributed by atoms with van der Waals surface area (Å²) in [6, 6.07) is 12.6. The van der Waals surface area contributed by atoms with Crippen molar-refractivity contribution in [1.29, 1.82) is 0 Å². The molecule has 3 aromatic rings. The average Bonchev–Trinajstić information content (AvgIpc) is 3.24. The van der Waals surface area contributed by atoms with Crippen LogP contribution in [0.15, 0.2) is 46.9 Å². The molecule has 1 aromatic heterocycles. The van der Waals surface area contributed by atoms with E-state index in [0.29, 0.717) is 22.7 Å². The van der Waals surface area contributed by atoms with Crippen LogP contribution in [-0.2, 0) is 9.59 Å². The minimum Gasteiger partial charge on any atom is -0.497 e. The fourth-order valence-corrected chi connectivity index (χ4v) is 3.06.